The molecular formula is C13H17F3N4O. The number of aromatic nitrogens is 1. The van der Waals surface area contributed by atoms with Crippen LogP contribution in [0.3, 0.4) is 0 Å². The lowest BCUT2D eigenvalue weighted by molar-refractivity contribution is -0.141. The second-order valence-electron chi connectivity index (χ2n) is 5.00. The zero-order valence-corrected chi connectivity index (χ0v) is 11.3. The molecule has 8 heteroatoms. The number of nitrogens with one attached hydrogen (secondary N) is 2. The first-order valence-electron chi connectivity index (χ1n) is 6.73. The number of amides is 1. The third-order valence-corrected chi connectivity index (χ3v) is 3.34. The predicted octanol–water partition coefficient (Wildman–Crippen LogP) is 1.75. The number of hydrogen-bond donors (Lipinski definition) is 3. The lowest BCUT2D eigenvalue weighted by Crippen LogP contribution is -2.32. The molecule has 1 saturated heterocycles. The molecule has 2 heterocycles. The van der Waals surface area contributed by atoms with E-state index in [4.69, 9.17) is 5.73 Å². The molecule has 0 saturated carbocycles. The topological polar surface area (TPSA) is 80.0 Å². The summed E-state index contributed by atoms with van der Waals surface area (Å²) in [6.45, 7) is 1.48. The molecule has 1 unspecified atom stereocenters. The molecule has 1 fully saturated rings. The third-order valence-electron chi connectivity index (χ3n) is 3.34. The summed E-state index contributed by atoms with van der Waals surface area (Å²) < 4.78 is 38.2. The molecule has 1 aliphatic rings. The fourth-order valence-electron chi connectivity index (χ4n) is 2.26. The lowest BCUT2D eigenvalue weighted by Gasteiger charge is -2.19. The van der Waals surface area contributed by atoms with Crippen molar-refractivity contribution in [2.45, 2.75) is 31.5 Å². The number of carbonyl (C=O) groups excluding carboxylic acids is 1. The summed E-state index contributed by atoms with van der Waals surface area (Å²) in [5.74, 6) is -0.911. The SMILES string of the molecule is NC(=O)c1ccc(C(F)(F)F)nc1NC1CCCCNC1. The molecule has 116 valence electrons. The van der Waals surface area contributed by atoms with E-state index in [0.29, 0.717) is 6.54 Å². The highest BCUT2D eigenvalue weighted by Crippen LogP contribution is 2.29. The van der Waals surface area contributed by atoms with Crippen molar-refractivity contribution >= 4 is 11.7 Å². The van der Waals surface area contributed by atoms with Crippen LogP contribution in [0.15, 0.2) is 12.1 Å². The Morgan fingerprint density at radius 3 is 2.81 bits per heavy atom. The molecular weight excluding hydrogens is 285 g/mol. The fraction of sp³-hybridized carbons (Fsp3) is 0.538. The maximum Gasteiger partial charge on any atom is 0.433 e. The average molecular weight is 302 g/mol. The summed E-state index contributed by atoms with van der Waals surface area (Å²) in [6.07, 6.45) is -1.80. The molecule has 1 aromatic rings. The third kappa shape index (κ3) is 4.07. The van der Waals surface area contributed by atoms with Crippen molar-refractivity contribution in [3.63, 3.8) is 0 Å². The van der Waals surface area contributed by atoms with Gasteiger partial charge in [0.05, 0.1) is 5.56 Å². The van der Waals surface area contributed by atoms with Crippen LogP contribution < -0.4 is 16.4 Å². The van der Waals surface area contributed by atoms with Gasteiger partial charge in [-0.05, 0) is 31.5 Å². The van der Waals surface area contributed by atoms with E-state index >= 15 is 0 Å². The van der Waals surface area contributed by atoms with Gasteiger partial charge in [-0.3, -0.25) is 4.79 Å². The van der Waals surface area contributed by atoms with Gasteiger partial charge in [-0.15, -0.1) is 0 Å². The monoisotopic (exact) mass is 302 g/mol. The summed E-state index contributed by atoms with van der Waals surface area (Å²) in [4.78, 5) is 14.9. The van der Waals surface area contributed by atoms with Crippen LogP contribution in [-0.4, -0.2) is 30.0 Å². The molecule has 0 bridgehead atoms. The van der Waals surface area contributed by atoms with Gasteiger partial charge in [-0.25, -0.2) is 4.98 Å². The number of pyridine rings is 1. The van der Waals surface area contributed by atoms with E-state index in [1.165, 1.54) is 0 Å². The van der Waals surface area contributed by atoms with Crippen molar-refractivity contribution in [2.75, 3.05) is 18.4 Å². The largest absolute Gasteiger partial charge is 0.433 e. The van der Waals surface area contributed by atoms with Gasteiger partial charge >= 0.3 is 6.18 Å². The molecule has 0 spiro atoms. The van der Waals surface area contributed by atoms with E-state index < -0.39 is 17.8 Å². The second-order valence-corrected chi connectivity index (χ2v) is 5.00. The first kappa shape index (κ1) is 15.6. The summed E-state index contributed by atoms with van der Waals surface area (Å²) in [5, 5.41) is 6.09. The molecule has 2 rings (SSSR count). The Hall–Kier alpha value is -1.83. The minimum absolute atomic E-state index is 0.0350. The van der Waals surface area contributed by atoms with Gasteiger partial charge in [0.15, 0.2) is 0 Å². The van der Waals surface area contributed by atoms with Gasteiger partial charge in [0, 0.05) is 12.6 Å². The number of primary amides is 1. The zero-order chi connectivity index (χ0) is 15.5. The number of nitrogens with two attached hydrogens (primary N) is 1. The maximum atomic E-state index is 12.7. The number of anilines is 1. The van der Waals surface area contributed by atoms with Crippen LogP contribution in [-0.2, 0) is 6.18 Å². The molecule has 21 heavy (non-hydrogen) atoms. The summed E-state index contributed by atoms with van der Waals surface area (Å²) >= 11 is 0. The molecule has 4 N–H and O–H groups in total. The number of alkyl halides is 3. The molecule has 1 aromatic heterocycles. The number of rotatable bonds is 3. The average Bonchev–Trinajstić information content (AvgIpc) is 2.66. The Balaban J connectivity index is 2.27. The van der Waals surface area contributed by atoms with Crippen LogP contribution in [0.1, 0.15) is 35.3 Å². The maximum absolute atomic E-state index is 12.7. The van der Waals surface area contributed by atoms with Gasteiger partial charge < -0.3 is 16.4 Å². The minimum Gasteiger partial charge on any atom is -0.365 e. The van der Waals surface area contributed by atoms with E-state index in [2.05, 4.69) is 15.6 Å². The zero-order valence-electron chi connectivity index (χ0n) is 11.3. The Morgan fingerprint density at radius 2 is 2.14 bits per heavy atom. The van der Waals surface area contributed by atoms with Crippen LogP contribution in [0, 0.1) is 0 Å². The van der Waals surface area contributed by atoms with Crippen molar-refractivity contribution in [3.8, 4) is 0 Å². The Kier molecular flexibility index (Phi) is 4.66. The molecule has 0 aromatic carbocycles. The van der Waals surface area contributed by atoms with Crippen LogP contribution in [0.4, 0.5) is 19.0 Å². The fourth-order valence-corrected chi connectivity index (χ4v) is 2.26. The Morgan fingerprint density at radius 1 is 1.38 bits per heavy atom. The van der Waals surface area contributed by atoms with Gasteiger partial charge in [-0.2, -0.15) is 13.2 Å². The first-order chi connectivity index (χ1) is 9.88. The number of hydrogen-bond acceptors (Lipinski definition) is 4. The van der Waals surface area contributed by atoms with Gasteiger partial charge in [0.2, 0.25) is 0 Å². The van der Waals surface area contributed by atoms with Crippen molar-refractivity contribution in [3.05, 3.63) is 23.4 Å². The van der Waals surface area contributed by atoms with E-state index in [1.807, 2.05) is 0 Å². The van der Waals surface area contributed by atoms with Gasteiger partial charge in [-0.1, -0.05) is 6.42 Å². The van der Waals surface area contributed by atoms with Crippen molar-refractivity contribution in [1.82, 2.24) is 10.3 Å². The standard InChI is InChI=1S/C13H17F3N4O/c14-13(15,16)10-5-4-9(11(17)21)12(20-10)19-8-3-1-2-6-18-7-8/h4-5,8,18H,1-3,6-7H2,(H2,17,21)(H,19,20). The molecule has 1 atom stereocenters. The molecule has 0 radical (unpaired) electrons. The number of carbonyl (C=O) groups is 1. The van der Waals surface area contributed by atoms with Crippen molar-refractivity contribution in [2.24, 2.45) is 5.73 Å². The van der Waals surface area contributed by atoms with Crippen LogP contribution >= 0.6 is 0 Å². The van der Waals surface area contributed by atoms with E-state index in [1.54, 1.807) is 0 Å². The highest BCUT2D eigenvalue weighted by molar-refractivity contribution is 5.97. The summed E-state index contributed by atoms with van der Waals surface area (Å²) in [7, 11) is 0. The molecule has 5 nitrogen and oxygen atoms in total. The van der Waals surface area contributed by atoms with Crippen LogP contribution in [0.25, 0.3) is 0 Å². The molecule has 1 aliphatic heterocycles. The normalized spacial score (nSPS) is 19.9. The van der Waals surface area contributed by atoms with Crippen molar-refractivity contribution in [1.29, 1.82) is 0 Å². The smallest absolute Gasteiger partial charge is 0.365 e. The number of halogens is 3. The molecule has 1 amide bonds. The summed E-state index contributed by atoms with van der Waals surface area (Å²) in [5.41, 5.74) is 4.11. The lowest BCUT2D eigenvalue weighted by atomic mass is 10.1. The predicted molar refractivity (Wildman–Crippen MR) is 71.9 cm³/mol. The highest BCUT2D eigenvalue weighted by Gasteiger charge is 2.33. The second kappa shape index (κ2) is 6.30. The van der Waals surface area contributed by atoms with Crippen LogP contribution in [0.2, 0.25) is 0 Å². The first-order valence-corrected chi connectivity index (χ1v) is 6.73. The van der Waals surface area contributed by atoms with E-state index in [0.717, 1.165) is 37.9 Å². The highest BCUT2D eigenvalue weighted by atomic mass is 19.4. The quantitative estimate of drug-likeness (QED) is 0.795. The van der Waals surface area contributed by atoms with Gasteiger partial charge in [0.1, 0.15) is 11.5 Å². The van der Waals surface area contributed by atoms with Gasteiger partial charge in [0.25, 0.3) is 5.91 Å². The summed E-state index contributed by atoms with van der Waals surface area (Å²) in [6, 6.07) is 1.74. The number of nitrogens with zero attached hydrogens (tertiary/aromatic N) is 1. The van der Waals surface area contributed by atoms with E-state index in [-0.39, 0.29) is 17.4 Å². The Labute approximate surface area is 120 Å². The van der Waals surface area contributed by atoms with Crippen molar-refractivity contribution < 1.29 is 18.0 Å². The van der Waals surface area contributed by atoms with E-state index in [9.17, 15) is 18.0 Å². The Bertz CT molecular complexity index is 511. The minimum atomic E-state index is -4.56. The van der Waals surface area contributed by atoms with Crippen LogP contribution in [0.5, 0.6) is 0 Å². The molecule has 0 aliphatic carbocycles.